The number of phenolic OH excluding ortho intramolecular Hbond substituents is 1. The van der Waals surface area contributed by atoms with Gasteiger partial charge in [-0.15, -0.1) is 0 Å². The number of phenols is 1. The third kappa shape index (κ3) is 3.86. The molecule has 1 unspecified atom stereocenters. The number of ether oxygens (including phenoxy) is 2. The Morgan fingerprint density at radius 1 is 0.750 bits per heavy atom. The quantitative estimate of drug-likeness (QED) is 0.649. The summed E-state index contributed by atoms with van der Waals surface area (Å²) in [4.78, 5) is 0. The van der Waals surface area contributed by atoms with Gasteiger partial charge >= 0.3 is 0 Å². The summed E-state index contributed by atoms with van der Waals surface area (Å²) in [7, 11) is 2.25. The number of methoxy groups -OCH3 is 2. The molecular formula is C24H27O3P. The van der Waals surface area contributed by atoms with Crippen LogP contribution in [0.15, 0.2) is 66.7 Å². The number of hydrogen-bond acceptors (Lipinski definition) is 3. The minimum atomic E-state index is -1.08. The van der Waals surface area contributed by atoms with Gasteiger partial charge in [-0.1, -0.05) is 75.4 Å². The van der Waals surface area contributed by atoms with E-state index < -0.39 is 7.92 Å². The lowest BCUT2D eigenvalue weighted by Crippen LogP contribution is -2.25. The zero-order chi connectivity index (χ0) is 20.3. The average Bonchev–Trinajstić information content (AvgIpc) is 2.69. The lowest BCUT2D eigenvalue weighted by Gasteiger charge is -2.27. The van der Waals surface area contributed by atoms with Gasteiger partial charge in [-0.2, -0.15) is 0 Å². The topological polar surface area (TPSA) is 38.7 Å². The van der Waals surface area contributed by atoms with Crippen molar-refractivity contribution < 1.29 is 14.6 Å². The predicted molar refractivity (Wildman–Crippen MR) is 119 cm³/mol. The highest BCUT2D eigenvalue weighted by Crippen LogP contribution is 2.44. The third-order valence-corrected chi connectivity index (χ3v) is 7.25. The Bertz CT molecular complexity index is 924. The van der Waals surface area contributed by atoms with Crippen LogP contribution in [0.2, 0.25) is 0 Å². The molecule has 0 saturated carbocycles. The number of para-hydroxylation sites is 1. The van der Waals surface area contributed by atoms with Crippen molar-refractivity contribution in [3.63, 3.8) is 0 Å². The molecule has 3 aromatic rings. The predicted octanol–water partition coefficient (Wildman–Crippen LogP) is 4.47. The van der Waals surface area contributed by atoms with Crippen molar-refractivity contribution in [3.05, 3.63) is 72.3 Å². The average molecular weight is 394 g/mol. The Morgan fingerprint density at radius 3 is 1.86 bits per heavy atom. The molecular weight excluding hydrogens is 367 g/mol. The van der Waals surface area contributed by atoms with Crippen molar-refractivity contribution in [3.8, 4) is 17.2 Å². The van der Waals surface area contributed by atoms with Gasteiger partial charge < -0.3 is 14.6 Å². The van der Waals surface area contributed by atoms with E-state index in [-0.39, 0.29) is 5.41 Å². The SMILES string of the molecule is COc1cccc(OC)c1P(c1ccccc1)c1cccc(C(C)(C)C)c1O. The molecule has 0 saturated heterocycles. The molecule has 0 aliphatic carbocycles. The van der Waals surface area contributed by atoms with E-state index in [1.807, 2.05) is 54.6 Å². The molecule has 0 fully saturated rings. The van der Waals surface area contributed by atoms with Crippen molar-refractivity contribution in [2.24, 2.45) is 0 Å². The first-order chi connectivity index (χ1) is 13.4. The van der Waals surface area contributed by atoms with Crippen molar-refractivity contribution in [2.75, 3.05) is 14.2 Å². The first kappa shape index (κ1) is 20.2. The smallest absolute Gasteiger partial charge is 0.130 e. The van der Waals surface area contributed by atoms with Gasteiger partial charge in [0, 0.05) is 5.30 Å². The van der Waals surface area contributed by atoms with E-state index in [0.717, 1.165) is 33.0 Å². The van der Waals surface area contributed by atoms with Crippen LogP contribution in [0.3, 0.4) is 0 Å². The Hall–Kier alpha value is -2.51. The maximum Gasteiger partial charge on any atom is 0.130 e. The summed E-state index contributed by atoms with van der Waals surface area (Å²) in [5, 5.41) is 14.3. The monoisotopic (exact) mass is 394 g/mol. The summed E-state index contributed by atoms with van der Waals surface area (Å²) in [6.45, 7) is 6.33. The van der Waals surface area contributed by atoms with Gasteiger partial charge in [0.15, 0.2) is 0 Å². The first-order valence-corrected chi connectivity index (χ1v) is 10.6. The second kappa shape index (κ2) is 8.24. The van der Waals surface area contributed by atoms with Crippen LogP contribution in [0.4, 0.5) is 0 Å². The van der Waals surface area contributed by atoms with Crippen molar-refractivity contribution in [2.45, 2.75) is 26.2 Å². The van der Waals surface area contributed by atoms with Crippen LogP contribution in [0.1, 0.15) is 26.3 Å². The first-order valence-electron chi connectivity index (χ1n) is 9.27. The van der Waals surface area contributed by atoms with E-state index in [0.29, 0.717) is 5.75 Å². The van der Waals surface area contributed by atoms with Gasteiger partial charge in [-0.25, -0.2) is 0 Å². The molecule has 3 nitrogen and oxygen atoms in total. The Balaban J connectivity index is 2.34. The fourth-order valence-corrected chi connectivity index (χ4v) is 5.92. The zero-order valence-electron chi connectivity index (χ0n) is 17.1. The number of benzene rings is 3. The van der Waals surface area contributed by atoms with Crippen LogP contribution in [0, 0.1) is 0 Å². The van der Waals surface area contributed by atoms with Gasteiger partial charge in [0.1, 0.15) is 17.2 Å². The van der Waals surface area contributed by atoms with Crippen LogP contribution >= 0.6 is 7.92 Å². The maximum absolute atomic E-state index is 11.3. The van der Waals surface area contributed by atoms with Gasteiger partial charge in [-0.05, 0) is 36.3 Å². The maximum atomic E-state index is 11.3. The summed E-state index contributed by atoms with van der Waals surface area (Å²) >= 11 is 0. The van der Waals surface area contributed by atoms with Crippen LogP contribution in [0.25, 0.3) is 0 Å². The minimum Gasteiger partial charge on any atom is -0.507 e. The van der Waals surface area contributed by atoms with Gasteiger partial charge in [0.05, 0.1) is 19.5 Å². The van der Waals surface area contributed by atoms with Crippen LogP contribution in [-0.2, 0) is 5.41 Å². The Labute approximate surface area is 168 Å². The minimum absolute atomic E-state index is 0.164. The molecule has 0 heterocycles. The van der Waals surface area contributed by atoms with Crippen molar-refractivity contribution >= 4 is 23.8 Å². The summed E-state index contributed by atoms with van der Waals surface area (Å²) in [6, 6.07) is 22.1. The fourth-order valence-electron chi connectivity index (χ4n) is 3.33. The fraction of sp³-hybridized carbons (Fsp3) is 0.250. The normalized spacial score (nSPS) is 12.5. The van der Waals surface area contributed by atoms with E-state index in [1.165, 1.54) is 0 Å². The molecule has 0 aliphatic heterocycles. The summed E-state index contributed by atoms with van der Waals surface area (Å²) in [5.74, 6) is 1.86. The molecule has 3 aromatic carbocycles. The highest BCUT2D eigenvalue weighted by molar-refractivity contribution is 7.80. The molecule has 0 radical (unpaired) electrons. The van der Waals surface area contributed by atoms with E-state index in [4.69, 9.17) is 9.47 Å². The van der Waals surface area contributed by atoms with E-state index in [9.17, 15) is 5.11 Å². The number of aromatic hydroxyl groups is 1. The second-order valence-corrected chi connectivity index (χ2v) is 9.72. The second-order valence-electron chi connectivity index (χ2n) is 7.61. The molecule has 3 rings (SSSR count). The lowest BCUT2D eigenvalue weighted by atomic mass is 9.86. The third-order valence-electron chi connectivity index (χ3n) is 4.70. The molecule has 1 atom stereocenters. The Kier molecular flexibility index (Phi) is 5.96. The van der Waals surface area contributed by atoms with Crippen LogP contribution < -0.4 is 25.4 Å². The number of hydrogen-bond donors (Lipinski definition) is 1. The summed E-state index contributed by atoms with van der Waals surface area (Å²) < 4.78 is 11.4. The van der Waals surface area contributed by atoms with Crippen LogP contribution in [0.5, 0.6) is 17.2 Å². The van der Waals surface area contributed by atoms with E-state index in [1.54, 1.807) is 14.2 Å². The Morgan fingerprint density at radius 2 is 1.32 bits per heavy atom. The zero-order valence-corrected chi connectivity index (χ0v) is 18.0. The van der Waals surface area contributed by atoms with E-state index in [2.05, 4.69) is 32.9 Å². The number of rotatable bonds is 5. The summed E-state index contributed by atoms with van der Waals surface area (Å²) in [6.07, 6.45) is 0. The summed E-state index contributed by atoms with van der Waals surface area (Å²) in [5.41, 5.74) is 0.769. The molecule has 0 bridgehead atoms. The van der Waals surface area contributed by atoms with Gasteiger partial charge in [-0.3, -0.25) is 0 Å². The molecule has 1 N–H and O–H groups in total. The molecule has 0 amide bonds. The molecule has 0 aliphatic rings. The van der Waals surface area contributed by atoms with Gasteiger partial charge in [0.25, 0.3) is 0 Å². The van der Waals surface area contributed by atoms with Crippen molar-refractivity contribution in [1.29, 1.82) is 0 Å². The molecule has 146 valence electrons. The molecule has 0 spiro atoms. The van der Waals surface area contributed by atoms with Crippen molar-refractivity contribution in [1.82, 2.24) is 0 Å². The van der Waals surface area contributed by atoms with Crippen LogP contribution in [-0.4, -0.2) is 19.3 Å². The highest BCUT2D eigenvalue weighted by atomic mass is 31.1. The standard InChI is InChI=1S/C24H27O3P/c1-24(2,3)18-13-9-16-21(22(18)25)28(17-11-7-6-8-12-17)23-19(26-4)14-10-15-20(23)27-5/h6-16,25H,1-5H3. The largest absolute Gasteiger partial charge is 0.507 e. The van der Waals surface area contributed by atoms with Gasteiger partial charge in [0.2, 0.25) is 0 Å². The lowest BCUT2D eigenvalue weighted by molar-refractivity contribution is 0.401. The molecule has 4 heteroatoms. The highest BCUT2D eigenvalue weighted by Gasteiger charge is 2.29. The molecule has 0 aromatic heterocycles. The molecule has 28 heavy (non-hydrogen) atoms. The van der Waals surface area contributed by atoms with E-state index >= 15 is 0 Å².